The van der Waals surface area contributed by atoms with E-state index in [0.717, 1.165) is 0 Å². The van der Waals surface area contributed by atoms with Gasteiger partial charge >= 0.3 is 6.18 Å². The Hall–Kier alpha value is -3.21. The number of sulfonamides is 1. The van der Waals surface area contributed by atoms with Crippen LogP contribution in [-0.2, 0) is 10.0 Å². The van der Waals surface area contributed by atoms with Crippen LogP contribution in [0.4, 0.5) is 18.9 Å². The summed E-state index contributed by atoms with van der Waals surface area (Å²) < 4.78 is 76.8. The third-order valence-electron chi connectivity index (χ3n) is 4.19. The van der Waals surface area contributed by atoms with E-state index in [1.165, 1.54) is 48.5 Å². The van der Waals surface area contributed by atoms with Crippen LogP contribution in [-0.4, -0.2) is 51.7 Å². The van der Waals surface area contributed by atoms with Gasteiger partial charge in [-0.3, -0.25) is 9.52 Å². The molecule has 11 heteroatoms. The number of anilines is 1. The third-order valence-corrected chi connectivity index (χ3v) is 5.57. The molecule has 1 amide bonds. The molecule has 2 aromatic carbocycles. The topological polar surface area (TPSA) is 84.9 Å². The molecule has 0 atom stereocenters. The maximum atomic E-state index is 12.8. The van der Waals surface area contributed by atoms with Gasteiger partial charge in [-0.25, -0.2) is 8.42 Å². The number of hydrogen-bond acceptors (Lipinski definition) is 5. The Balaban J connectivity index is 1.82. The average Bonchev–Trinajstić information content (AvgIpc) is 2.71. The van der Waals surface area contributed by atoms with Crippen molar-refractivity contribution in [3.05, 3.63) is 60.7 Å². The van der Waals surface area contributed by atoms with Crippen molar-refractivity contribution >= 4 is 21.6 Å². The van der Waals surface area contributed by atoms with E-state index in [4.69, 9.17) is 9.47 Å². The van der Waals surface area contributed by atoms with Gasteiger partial charge in [-0.15, -0.1) is 6.58 Å². The number of carbonyl (C=O) groups excluding carboxylic acids is 1. The first kappa shape index (κ1) is 22.5. The van der Waals surface area contributed by atoms with Gasteiger partial charge in [-0.05, 0) is 30.3 Å². The van der Waals surface area contributed by atoms with E-state index in [-0.39, 0.29) is 35.0 Å². The van der Waals surface area contributed by atoms with E-state index in [1.54, 1.807) is 0 Å². The van der Waals surface area contributed by atoms with E-state index in [9.17, 15) is 26.4 Å². The molecule has 3 rings (SSSR count). The highest BCUT2D eigenvalue weighted by molar-refractivity contribution is 7.92. The number of ether oxygens (including phenoxy) is 2. The second-order valence-corrected chi connectivity index (χ2v) is 8.26. The SMILES string of the molecule is C=CCN(CC(F)(F)F)C(=O)c1cccc(NS(=O)(=O)c2ccc3c(c2)OCCO3)c1. The number of nitrogens with one attached hydrogen (secondary N) is 1. The van der Waals surface area contributed by atoms with Crippen molar-refractivity contribution in [3.8, 4) is 11.5 Å². The summed E-state index contributed by atoms with van der Waals surface area (Å²) in [4.78, 5) is 13.0. The van der Waals surface area contributed by atoms with Crippen molar-refractivity contribution < 1.29 is 35.9 Å². The Bertz CT molecular complexity index is 1090. The van der Waals surface area contributed by atoms with Gasteiger partial charge in [0.25, 0.3) is 15.9 Å². The summed E-state index contributed by atoms with van der Waals surface area (Å²) in [7, 11) is -4.06. The van der Waals surface area contributed by atoms with E-state index >= 15 is 0 Å². The van der Waals surface area contributed by atoms with Gasteiger partial charge in [-0.2, -0.15) is 13.2 Å². The molecule has 1 heterocycles. The predicted octanol–water partition coefficient (Wildman–Crippen LogP) is 3.45. The summed E-state index contributed by atoms with van der Waals surface area (Å²) in [6.45, 7) is 2.24. The summed E-state index contributed by atoms with van der Waals surface area (Å²) in [5, 5.41) is 0. The molecule has 1 aliphatic heterocycles. The van der Waals surface area contributed by atoms with Crippen LogP contribution >= 0.6 is 0 Å². The Morgan fingerprint density at radius 2 is 1.84 bits per heavy atom. The number of carbonyl (C=O) groups is 1. The summed E-state index contributed by atoms with van der Waals surface area (Å²) in [6, 6.07) is 9.33. The second kappa shape index (κ2) is 8.88. The van der Waals surface area contributed by atoms with Crippen LogP contribution in [0.3, 0.4) is 0 Å². The standard InChI is InChI=1S/C20H19F3N2O5S/c1-2-8-25(13-20(21,22)23)19(26)14-4-3-5-15(11-14)24-31(27,28)16-6-7-17-18(12-16)30-10-9-29-17/h2-7,11-12,24H,1,8-10,13H2. The molecular formula is C20H19F3N2O5S. The summed E-state index contributed by atoms with van der Waals surface area (Å²) in [6.07, 6.45) is -3.41. The first-order valence-electron chi connectivity index (χ1n) is 9.08. The number of hydrogen-bond donors (Lipinski definition) is 1. The van der Waals surface area contributed by atoms with Crippen LogP contribution in [0, 0.1) is 0 Å². The van der Waals surface area contributed by atoms with Gasteiger partial charge < -0.3 is 14.4 Å². The van der Waals surface area contributed by atoms with Gasteiger partial charge in [0.15, 0.2) is 11.5 Å². The summed E-state index contributed by atoms with van der Waals surface area (Å²) in [5.41, 5.74) is -0.0835. The quantitative estimate of drug-likeness (QED) is 0.646. The molecule has 0 unspecified atom stereocenters. The Morgan fingerprint density at radius 1 is 1.13 bits per heavy atom. The number of halogens is 3. The van der Waals surface area contributed by atoms with Crippen LogP contribution in [0.5, 0.6) is 11.5 Å². The molecule has 1 aliphatic rings. The van der Waals surface area contributed by atoms with Crippen molar-refractivity contribution in [2.75, 3.05) is 31.0 Å². The molecule has 0 bridgehead atoms. The zero-order chi connectivity index (χ0) is 22.6. The molecule has 31 heavy (non-hydrogen) atoms. The molecular weight excluding hydrogens is 437 g/mol. The average molecular weight is 456 g/mol. The molecule has 7 nitrogen and oxygen atoms in total. The first-order chi connectivity index (χ1) is 14.6. The number of benzene rings is 2. The number of rotatable bonds is 7. The van der Waals surface area contributed by atoms with Crippen molar-refractivity contribution in [1.29, 1.82) is 0 Å². The molecule has 0 spiro atoms. The molecule has 2 aromatic rings. The zero-order valence-corrected chi connectivity index (χ0v) is 17.0. The molecule has 1 N–H and O–H groups in total. The largest absolute Gasteiger partial charge is 0.486 e. The fraction of sp³-hybridized carbons (Fsp3) is 0.250. The van der Waals surface area contributed by atoms with Crippen LogP contribution in [0.25, 0.3) is 0 Å². The van der Waals surface area contributed by atoms with Gasteiger partial charge in [0.05, 0.1) is 4.90 Å². The lowest BCUT2D eigenvalue weighted by atomic mass is 10.1. The predicted molar refractivity (Wildman–Crippen MR) is 107 cm³/mol. The monoisotopic (exact) mass is 456 g/mol. The lowest BCUT2D eigenvalue weighted by molar-refractivity contribution is -0.139. The van der Waals surface area contributed by atoms with Crippen LogP contribution in [0.2, 0.25) is 0 Å². The third kappa shape index (κ3) is 5.69. The summed E-state index contributed by atoms with van der Waals surface area (Å²) in [5.74, 6) is -0.201. The summed E-state index contributed by atoms with van der Waals surface area (Å²) >= 11 is 0. The van der Waals surface area contributed by atoms with E-state index in [1.807, 2.05) is 0 Å². The van der Waals surface area contributed by atoms with E-state index in [2.05, 4.69) is 11.3 Å². The number of amides is 1. The highest BCUT2D eigenvalue weighted by Crippen LogP contribution is 2.32. The Kier molecular flexibility index (Phi) is 6.44. The maximum absolute atomic E-state index is 12.8. The zero-order valence-electron chi connectivity index (χ0n) is 16.2. The molecule has 166 valence electrons. The number of alkyl halides is 3. The molecule has 0 radical (unpaired) electrons. The van der Waals surface area contributed by atoms with Crippen LogP contribution in [0.1, 0.15) is 10.4 Å². The smallest absolute Gasteiger partial charge is 0.406 e. The molecule has 0 saturated heterocycles. The lowest BCUT2D eigenvalue weighted by Gasteiger charge is -2.23. The van der Waals surface area contributed by atoms with Crippen LogP contribution in [0.15, 0.2) is 60.0 Å². The normalized spacial score (nSPS) is 13.4. The van der Waals surface area contributed by atoms with E-state index < -0.39 is 28.7 Å². The van der Waals surface area contributed by atoms with Gasteiger partial charge in [0.1, 0.15) is 19.8 Å². The van der Waals surface area contributed by atoms with Gasteiger partial charge in [0, 0.05) is 23.9 Å². The van der Waals surface area contributed by atoms with Crippen molar-refractivity contribution in [2.24, 2.45) is 0 Å². The lowest BCUT2D eigenvalue weighted by Crippen LogP contribution is -2.39. The minimum absolute atomic E-state index is 0.0197. The molecule has 0 saturated carbocycles. The second-order valence-electron chi connectivity index (χ2n) is 6.58. The maximum Gasteiger partial charge on any atom is 0.406 e. The molecule has 0 aromatic heterocycles. The Labute approximate surface area is 177 Å². The van der Waals surface area contributed by atoms with Gasteiger partial charge in [0.2, 0.25) is 0 Å². The first-order valence-corrected chi connectivity index (χ1v) is 10.6. The van der Waals surface area contributed by atoms with Crippen molar-refractivity contribution in [1.82, 2.24) is 4.90 Å². The van der Waals surface area contributed by atoms with Gasteiger partial charge in [-0.1, -0.05) is 12.1 Å². The molecule has 0 aliphatic carbocycles. The highest BCUT2D eigenvalue weighted by atomic mass is 32.2. The Morgan fingerprint density at radius 3 is 2.52 bits per heavy atom. The van der Waals surface area contributed by atoms with Crippen molar-refractivity contribution in [2.45, 2.75) is 11.1 Å². The minimum atomic E-state index is -4.59. The highest BCUT2D eigenvalue weighted by Gasteiger charge is 2.33. The minimum Gasteiger partial charge on any atom is -0.486 e. The molecule has 0 fully saturated rings. The van der Waals surface area contributed by atoms with Crippen LogP contribution < -0.4 is 14.2 Å². The number of nitrogens with zero attached hydrogens (tertiary/aromatic N) is 1. The fourth-order valence-corrected chi connectivity index (χ4v) is 3.96. The fourth-order valence-electron chi connectivity index (χ4n) is 2.89. The van der Waals surface area contributed by atoms with E-state index in [0.29, 0.717) is 17.3 Å². The van der Waals surface area contributed by atoms with Crippen molar-refractivity contribution in [3.63, 3.8) is 0 Å². The number of fused-ring (bicyclic) bond motifs is 1.